The first-order valence-corrected chi connectivity index (χ1v) is 11.2. The molecule has 5 N–H and O–H groups in total. The van der Waals surface area contributed by atoms with Gasteiger partial charge in [0.25, 0.3) is 0 Å². The fraction of sp³-hybridized carbons (Fsp3) is 0.227. The van der Waals surface area contributed by atoms with Crippen LogP contribution in [0.2, 0.25) is 0 Å². The van der Waals surface area contributed by atoms with E-state index in [4.69, 9.17) is 15.9 Å². The summed E-state index contributed by atoms with van der Waals surface area (Å²) in [6.45, 7) is 3.23. The van der Waals surface area contributed by atoms with Crippen molar-refractivity contribution in [1.29, 1.82) is 0 Å². The van der Waals surface area contributed by atoms with E-state index in [0.717, 1.165) is 5.56 Å². The number of rotatable bonds is 7. The van der Waals surface area contributed by atoms with Crippen LogP contribution in [0.3, 0.4) is 0 Å². The fourth-order valence-electron chi connectivity index (χ4n) is 2.51. The number of hydrogen-bond donors (Lipinski definition) is 4. The summed E-state index contributed by atoms with van der Waals surface area (Å²) >= 11 is 0. The molecule has 0 aliphatic heterocycles. The molecule has 9 nitrogen and oxygen atoms in total. The standard InChI is InChI=1S/C11H7FN2O2.C11H18N2O3S/c12-9-3-1-2-7(4-9)10-13-5-8(6-14-10)11(15)16;1-11(2,8-14)13-17(15,16)10-5-3-4-9(6-10)7-12/h1-6H,(H,15,16);3-6,13-14H,7-8,12H2,1-2H3. The summed E-state index contributed by atoms with van der Waals surface area (Å²) in [5.74, 6) is -1.18. The van der Waals surface area contributed by atoms with Crippen LogP contribution in [-0.2, 0) is 16.6 Å². The quantitative estimate of drug-likeness (QED) is 0.404. The predicted octanol–water partition coefficient (Wildman–Crippen LogP) is 2.18. The zero-order valence-corrected chi connectivity index (χ0v) is 18.9. The average Bonchev–Trinajstić information content (AvgIpc) is 2.79. The molecule has 0 bridgehead atoms. The molecule has 1 heterocycles. The zero-order chi connectivity index (χ0) is 24.6. The third kappa shape index (κ3) is 7.68. The van der Waals surface area contributed by atoms with Crippen LogP contribution >= 0.6 is 0 Å². The highest BCUT2D eigenvalue weighted by atomic mass is 32.2. The van der Waals surface area contributed by atoms with E-state index < -0.39 is 21.5 Å². The molecule has 3 aromatic rings. The van der Waals surface area contributed by atoms with Gasteiger partial charge in [-0.3, -0.25) is 0 Å². The van der Waals surface area contributed by atoms with Crippen LogP contribution in [0.15, 0.2) is 65.8 Å². The molecule has 2 aromatic carbocycles. The number of carbonyl (C=O) groups is 1. The van der Waals surface area contributed by atoms with Crippen LogP contribution in [0.1, 0.15) is 29.8 Å². The maximum absolute atomic E-state index is 12.9. The van der Waals surface area contributed by atoms with E-state index in [9.17, 15) is 17.6 Å². The molecule has 0 fully saturated rings. The zero-order valence-electron chi connectivity index (χ0n) is 18.1. The third-order valence-corrected chi connectivity index (χ3v) is 5.93. The smallest absolute Gasteiger partial charge is 0.338 e. The van der Waals surface area contributed by atoms with Crippen molar-refractivity contribution in [2.45, 2.75) is 30.8 Å². The number of aromatic carboxylic acids is 1. The number of nitrogens with one attached hydrogen (secondary N) is 1. The van der Waals surface area contributed by atoms with Crippen molar-refractivity contribution in [3.8, 4) is 11.4 Å². The second kappa shape index (κ2) is 11.1. The number of carboxylic acids is 1. The van der Waals surface area contributed by atoms with Crippen molar-refractivity contribution in [3.05, 3.63) is 77.9 Å². The molecule has 0 radical (unpaired) electrons. The van der Waals surface area contributed by atoms with Crippen LogP contribution in [0.4, 0.5) is 4.39 Å². The number of benzene rings is 2. The first kappa shape index (κ1) is 26.0. The van der Waals surface area contributed by atoms with E-state index in [0.29, 0.717) is 11.4 Å². The van der Waals surface area contributed by atoms with Crippen LogP contribution in [0, 0.1) is 5.82 Å². The molecule has 0 amide bonds. The van der Waals surface area contributed by atoms with Crippen LogP contribution in [0.25, 0.3) is 11.4 Å². The molecule has 0 saturated carbocycles. The van der Waals surface area contributed by atoms with E-state index in [2.05, 4.69) is 14.7 Å². The van der Waals surface area contributed by atoms with Gasteiger partial charge in [-0.05, 0) is 43.7 Å². The lowest BCUT2D eigenvalue weighted by Gasteiger charge is -2.23. The summed E-state index contributed by atoms with van der Waals surface area (Å²) < 4.78 is 39.4. The summed E-state index contributed by atoms with van der Waals surface area (Å²) in [6, 6.07) is 12.2. The maximum Gasteiger partial charge on any atom is 0.338 e. The van der Waals surface area contributed by atoms with Gasteiger partial charge in [-0.15, -0.1) is 0 Å². The predicted molar refractivity (Wildman–Crippen MR) is 120 cm³/mol. The molecular weight excluding hydrogens is 451 g/mol. The number of sulfonamides is 1. The summed E-state index contributed by atoms with van der Waals surface area (Å²) in [6.07, 6.45) is 2.38. The SMILES string of the molecule is CC(C)(CO)NS(=O)(=O)c1cccc(CN)c1.O=C(O)c1cnc(-c2cccc(F)c2)nc1. The number of nitrogens with zero attached hydrogens (tertiary/aromatic N) is 2. The number of hydrogen-bond acceptors (Lipinski definition) is 7. The van der Waals surface area contributed by atoms with Gasteiger partial charge in [-0.1, -0.05) is 24.3 Å². The molecule has 0 saturated heterocycles. The minimum Gasteiger partial charge on any atom is -0.478 e. The monoisotopic (exact) mass is 476 g/mol. The highest BCUT2D eigenvalue weighted by Crippen LogP contribution is 2.16. The molecule has 33 heavy (non-hydrogen) atoms. The topological polar surface area (TPSA) is 156 Å². The van der Waals surface area contributed by atoms with Crippen molar-refractivity contribution in [2.24, 2.45) is 5.73 Å². The Bertz CT molecular complexity index is 1200. The second-order valence-corrected chi connectivity index (χ2v) is 9.29. The van der Waals surface area contributed by atoms with E-state index in [1.807, 2.05) is 0 Å². The van der Waals surface area contributed by atoms with Gasteiger partial charge in [0.2, 0.25) is 10.0 Å². The van der Waals surface area contributed by atoms with Crippen molar-refractivity contribution >= 4 is 16.0 Å². The first-order chi connectivity index (χ1) is 15.5. The fourth-order valence-corrected chi connectivity index (χ4v) is 3.98. The van der Waals surface area contributed by atoms with Crippen molar-refractivity contribution in [3.63, 3.8) is 0 Å². The Labute approximate surface area is 191 Å². The number of aliphatic hydroxyl groups excluding tert-OH is 1. The molecule has 176 valence electrons. The molecule has 11 heteroatoms. The lowest BCUT2D eigenvalue weighted by molar-refractivity contribution is 0.0696. The molecule has 3 rings (SSSR count). The van der Waals surface area contributed by atoms with Gasteiger partial charge in [0, 0.05) is 24.5 Å². The minimum atomic E-state index is -3.63. The molecule has 0 aliphatic rings. The molecule has 0 unspecified atom stereocenters. The van der Waals surface area contributed by atoms with Crippen LogP contribution in [0.5, 0.6) is 0 Å². The molecule has 1 aromatic heterocycles. The Morgan fingerprint density at radius 1 is 1.12 bits per heavy atom. The third-order valence-electron chi connectivity index (χ3n) is 4.23. The van der Waals surface area contributed by atoms with E-state index in [-0.39, 0.29) is 29.4 Å². The Kier molecular flexibility index (Phi) is 8.71. The number of halogens is 1. The van der Waals surface area contributed by atoms with Crippen molar-refractivity contribution in [1.82, 2.24) is 14.7 Å². The van der Waals surface area contributed by atoms with Crippen molar-refractivity contribution in [2.75, 3.05) is 6.61 Å². The van der Waals surface area contributed by atoms with Crippen LogP contribution < -0.4 is 10.5 Å². The van der Waals surface area contributed by atoms with Gasteiger partial charge in [0.05, 0.1) is 22.6 Å². The van der Waals surface area contributed by atoms with E-state index >= 15 is 0 Å². The normalized spacial score (nSPS) is 11.4. The van der Waals surface area contributed by atoms with Gasteiger partial charge < -0.3 is 15.9 Å². The van der Waals surface area contributed by atoms with E-state index in [1.165, 1.54) is 36.7 Å². The van der Waals surface area contributed by atoms with Crippen molar-refractivity contribution < 1.29 is 27.8 Å². The van der Waals surface area contributed by atoms with Gasteiger partial charge >= 0.3 is 5.97 Å². The number of aliphatic hydroxyl groups is 1. The Hall–Kier alpha value is -3.25. The Morgan fingerprint density at radius 2 is 1.76 bits per heavy atom. The molecule has 0 aliphatic carbocycles. The van der Waals surface area contributed by atoms with Gasteiger partial charge in [-0.25, -0.2) is 32.3 Å². The highest BCUT2D eigenvalue weighted by molar-refractivity contribution is 7.89. The second-order valence-electron chi connectivity index (χ2n) is 7.61. The number of nitrogens with two attached hydrogens (primary N) is 1. The van der Waals surface area contributed by atoms with E-state index in [1.54, 1.807) is 38.1 Å². The largest absolute Gasteiger partial charge is 0.478 e. The first-order valence-electron chi connectivity index (χ1n) is 9.72. The summed E-state index contributed by atoms with van der Waals surface area (Å²) in [4.78, 5) is 18.4. The average molecular weight is 477 g/mol. The number of carboxylic acid groups (broad SMARTS) is 1. The molecule has 0 spiro atoms. The molecule has 0 atom stereocenters. The minimum absolute atomic E-state index is 0.000142. The van der Waals surface area contributed by atoms with Gasteiger partial charge in [0.15, 0.2) is 5.82 Å². The lowest BCUT2D eigenvalue weighted by atomic mass is 10.1. The number of aromatic nitrogens is 2. The Morgan fingerprint density at radius 3 is 2.30 bits per heavy atom. The van der Waals surface area contributed by atoms with Gasteiger partial charge in [-0.2, -0.15) is 0 Å². The summed E-state index contributed by atoms with van der Waals surface area (Å²) in [5.41, 5.74) is 5.83. The lowest BCUT2D eigenvalue weighted by Crippen LogP contribution is -2.46. The summed E-state index contributed by atoms with van der Waals surface area (Å²) in [7, 11) is -3.63. The highest BCUT2D eigenvalue weighted by Gasteiger charge is 2.25. The van der Waals surface area contributed by atoms with Gasteiger partial charge in [0.1, 0.15) is 5.82 Å². The maximum atomic E-state index is 12.9. The Balaban J connectivity index is 0.000000234. The molecular formula is C22H25FN4O5S. The summed E-state index contributed by atoms with van der Waals surface area (Å²) in [5, 5.41) is 17.7. The van der Waals surface area contributed by atoms with Crippen LogP contribution in [-0.4, -0.2) is 46.7 Å².